The third-order valence-corrected chi connectivity index (χ3v) is 2.78. The molecule has 68 valence electrons. The van der Waals surface area contributed by atoms with Crippen molar-refractivity contribution >= 4 is 35.3 Å². The molecule has 2 nitrogen and oxygen atoms in total. The van der Waals surface area contributed by atoms with Crippen LogP contribution in [-0.4, -0.2) is 11.0 Å². The van der Waals surface area contributed by atoms with E-state index in [4.69, 9.17) is 11.6 Å². The summed E-state index contributed by atoms with van der Waals surface area (Å²) in [5.41, 5.74) is 0. The molecule has 0 saturated heterocycles. The first kappa shape index (κ1) is 10.3. The van der Waals surface area contributed by atoms with Crippen molar-refractivity contribution in [2.45, 2.75) is 25.4 Å². The predicted octanol–water partition coefficient (Wildman–Crippen LogP) is 2.47. The van der Waals surface area contributed by atoms with Gasteiger partial charge in [-0.3, -0.25) is 0 Å². The zero-order valence-electron chi connectivity index (χ0n) is 6.42. The number of halogens is 2. The van der Waals surface area contributed by atoms with Gasteiger partial charge in [-0.25, -0.2) is 4.98 Å². The Labute approximate surface area is 86.8 Å². The molecule has 1 aliphatic carbocycles. The van der Waals surface area contributed by atoms with Crippen LogP contribution in [0.2, 0.25) is 4.47 Å². The van der Waals surface area contributed by atoms with Crippen molar-refractivity contribution < 1.29 is 0 Å². The summed E-state index contributed by atoms with van der Waals surface area (Å²) in [6.07, 6.45) is 4.49. The van der Waals surface area contributed by atoms with E-state index in [1.807, 2.05) is 6.20 Å². The molecule has 1 aromatic rings. The quantitative estimate of drug-likeness (QED) is 0.854. The SMILES string of the molecule is Cl.Clc1ncc(CNC2CC2)s1. The fourth-order valence-corrected chi connectivity index (χ4v) is 1.83. The molecule has 0 aliphatic heterocycles. The van der Waals surface area contributed by atoms with Crippen molar-refractivity contribution in [3.05, 3.63) is 15.5 Å². The van der Waals surface area contributed by atoms with Crippen LogP contribution in [0.25, 0.3) is 0 Å². The minimum atomic E-state index is 0. The van der Waals surface area contributed by atoms with E-state index in [9.17, 15) is 0 Å². The van der Waals surface area contributed by atoms with Crippen LogP contribution in [0.3, 0.4) is 0 Å². The lowest BCUT2D eigenvalue weighted by Crippen LogP contribution is -2.14. The van der Waals surface area contributed by atoms with Crippen LogP contribution in [-0.2, 0) is 6.54 Å². The Morgan fingerprint density at radius 2 is 2.42 bits per heavy atom. The van der Waals surface area contributed by atoms with E-state index >= 15 is 0 Å². The lowest BCUT2D eigenvalue weighted by molar-refractivity contribution is 0.694. The van der Waals surface area contributed by atoms with E-state index in [1.165, 1.54) is 17.7 Å². The molecule has 5 heteroatoms. The molecule has 1 heterocycles. The fourth-order valence-electron chi connectivity index (χ4n) is 0.898. The van der Waals surface area contributed by atoms with Crippen LogP contribution in [0.15, 0.2) is 6.20 Å². The van der Waals surface area contributed by atoms with Gasteiger partial charge in [0.15, 0.2) is 4.47 Å². The Morgan fingerprint density at radius 1 is 1.67 bits per heavy atom. The molecule has 0 radical (unpaired) electrons. The Bertz CT molecular complexity index is 247. The molecule has 2 rings (SSSR count). The van der Waals surface area contributed by atoms with Crippen molar-refractivity contribution in [1.82, 2.24) is 10.3 Å². The summed E-state index contributed by atoms with van der Waals surface area (Å²) in [6.45, 7) is 0.926. The highest BCUT2D eigenvalue weighted by molar-refractivity contribution is 7.15. The van der Waals surface area contributed by atoms with Crippen molar-refractivity contribution in [2.24, 2.45) is 0 Å². The highest BCUT2D eigenvalue weighted by atomic mass is 35.5. The summed E-state index contributed by atoms with van der Waals surface area (Å²) >= 11 is 7.22. The first-order chi connectivity index (χ1) is 5.34. The van der Waals surface area contributed by atoms with Crippen molar-refractivity contribution in [2.75, 3.05) is 0 Å². The highest BCUT2D eigenvalue weighted by Gasteiger charge is 2.20. The molecule has 12 heavy (non-hydrogen) atoms. The fraction of sp³-hybridized carbons (Fsp3) is 0.571. The minimum absolute atomic E-state index is 0. The van der Waals surface area contributed by atoms with Crippen molar-refractivity contribution in [3.63, 3.8) is 0 Å². The molecule has 1 aliphatic rings. The number of rotatable bonds is 3. The molecule has 0 atom stereocenters. The first-order valence-electron chi connectivity index (χ1n) is 3.68. The second kappa shape index (κ2) is 4.42. The third-order valence-electron chi connectivity index (χ3n) is 1.67. The van der Waals surface area contributed by atoms with Gasteiger partial charge in [0.2, 0.25) is 0 Å². The maximum Gasteiger partial charge on any atom is 0.183 e. The zero-order valence-corrected chi connectivity index (χ0v) is 8.81. The molecule has 0 spiro atoms. The molecule has 1 aromatic heterocycles. The van der Waals surface area contributed by atoms with E-state index in [0.717, 1.165) is 12.6 Å². The second-order valence-corrected chi connectivity index (χ2v) is 4.43. The van der Waals surface area contributed by atoms with Crippen LogP contribution in [0.1, 0.15) is 17.7 Å². The number of hydrogen-bond donors (Lipinski definition) is 1. The summed E-state index contributed by atoms with van der Waals surface area (Å²) < 4.78 is 0.637. The second-order valence-electron chi connectivity index (χ2n) is 2.73. The van der Waals surface area contributed by atoms with Crippen LogP contribution < -0.4 is 5.32 Å². The van der Waals surface area contributed by atoms with Gasteiger partial charge >= 0.3 is 0 Å². The number of aromatic nitrogens is 1. The monoisotopic (exact) mass is 224 g/mol. The molecule has 0 amide bonds. The number of thiazole rings is 1. The zero-order chi connectivity index (χ0) is 7.68. The van der Waals surface area contributed by atoms with E-state index in [-0.39, 0.29) is 12.4 Å². The van der Waals surface area contributed by atoms with Gasteiger partial charge in [0.1, 0.15) is 0 Å². The Morgan fingerprint density at radius 3 is 2.92 bits per heavy atom. The summed E-state index contributed by atoms with van der Waals surface area (Å²) in [4.78, 5) is 5.18. The smallest absolute Gasteiger partial charge is 0.183 e. The molecule has 0 aromatic carbocycles. The summed E-state index contributed by atoms with van der Waals surface area (Å²) in [5, 5.41) is 3.40. The minimum Gasteiger partial charge on any atom is -0.309 e. The standard InChI is InChI=1S/C7H9ClN2S.ClH/c8-7-10-4-6(11-7)3-9-5-1-2-5;/h4-5,9H,1-3H2;1H. The first-order valence-corrected chi connectivity index (χ1v) is 4.87. The predicted molar refractivity (Wildman–Crippen MR) is 54.2 cm³/mol. The Kier molecular flexibility index (Phi) is 3.77. The van der Waals surface area contributed by atoms with Crippen LogP contribution in [0, 0.1) is 0 Å². The van der Waals surface area contributed by atoms with E-state index in [1.54, 1.807) is 11.3 Å². The summed E-state index contributed by atoms with van der Waals surface area (Å²) in [5.74, 6) is 0. The largest absolute Gasteiger partial charge is 0.309 e. The normalized spacial score (nSPS) is 15.8. The maximum absolute atomic E-state index is 5.67. The Hall–Kier alpha value is 0.170. The van der Waals surface area contributed by atoms with Crippen molar-refractivity contribution in [1.29, 1.82) is 0 Å². The van der Waals surface area contributed by atoms with Gasteiger partial charge in [0.05, 0.1) is 0 Å². The third kappa shape index (κ3) is 2.90. The topological polar surface area (TPSA) is 24.9 Å². The molecule has 0 bridgehead atoms. The van der Waals surface area contributed by atoms with Gasteiger partial charge in [0.25, 0.3) is 0 Å². The molecule has 0 unspecified atom stereocenters. The van der Waals surface area contributed by atoms with Gasteiger partial charge in [-0.05, 0) is 12.8 Å². The average Bonchev–Trinajstić information content (AvgIpc) is 2.72. The average molecular weight is 225 g/mol. The molecule has 1 saturated carbocycles. The van der Waals surface area contributed by atoms with Crippen LogP contribution in [0.4, 0.5) is 0 Å². The summed E-state index contributed by atoms with van der Waals surface area (Å²) in [7, 11) is 0. The lowest BCUT2D eigenvalue weighted by Gasteiger charge is -1.96. The molecule has 1 fully saturated rings. The van der Waals surface area contributed by atoms with Gasteiger partial charge in [-0.2, -0.15) is 0 Å². The highest BCUT2D eigenvalue weighted by Crippen LogP contribution is 2.21. The molecular formula is C7H10Cl2N2S. The maximum atomic E-state index is 5.67. The van der Waals surface area contributed by atoms with Gasteiger partial charge in [-0.15, -0.1) is 23.7 Å². The number of hydrogen-bond acceptors (Lipinski definition) is 3. The van der Waals surface area contributed by atoms with Gasteiger partial charge in [-0.1, -0.05) is 11.6 Å². The van der Waals surface area contributed by atoms with E-state index in [0.29, 0.717) is 4.47 Å². The van der Waals surface area contributed by atoms with E-state index < -0.39 is 0 Å². The number of nitrogens with one attached hydrogen (secondary N) is 1. The molecular weight excluding hydrogens is 215 g/mol. The Balaban J connectivity index is 0.000000720. The van der Waals surface area contributed by atoms with Gasteiger partial charge in [0, 0.05) is 23.7 Å². The summed E-state index contributed by atoms with van der Waals surface area (Å²) in [6, 6.07) is 0.760. The van der Waals surface area contributed by atoms with Crippen LogP contribution in [0.5, 0.6) is 0 Å². The molecule has 1 N–H and O–H groups in total. The number of nitrogens with zero attached hydrogens (tertiary/aromatic N) is 1. The van der Waals surface area contributed by atoms with Crippen molar-refractivity contribution in [3.8, 4) is 0 Å². The van der Waals surface area contributed by atoms with Gasteiger partial charge < -0.3 is 5.32 Å². The lowest BCUT2D eigenvalue weighted by atomic mass is 10.5. The van der Waals surface area contributed by atoms with E-state index in [2.05, 4.69) is 10.3 Å². The van der Waals surface area contributed by atoms with Crippen LogP contribution >= 0.6 is 35.3 Å².